The molecule has 1 unspecified atom stereocenters. The van der Waals surface area contributed by atoms with Crippen LogP contribution in [0, 0.1) is 5.82 Å². The summed E-state index contributed by atoms with van der Waals surface area (Å²) in [6.07, 6.45) is 3.29. The van der Waals surface area contributed by atoms with E-state index < -0.39 is 0 Å². The lowest BCUT2D eigenvalue weighted by Crippen LogP contribution is -2.18. The maximum atomic E-state index is 14.3. The zero-order valence-electron chi connectivity index (χ0n) is 11.5. The van der Waals surface area contributed by atoms with Crippen LogP contribution in [-0.4, -0.2) is 11.0 Å². The first kappa shape index (κ1) is 16.0. The fraction of sp³-hybridized carbons (Fsp3) is 0.267. The minimum Gasteiger partial charge on any atom is -0.469 e. The van der Waals surface area contributed by atoms with E-state index in [1.807, 2.05) is 19.1 Å². The molecule has 6 heteroatoms. The molecule has 1 atom stereocenters. The van der Waals surface area contributed by atoms with Crippen molar-refractivity contribution >= 4 is 38.8 Å². The molecule has 1 heterocycles. The van der Waals surface area contributed by atoms with E-state index in [-0.39, 0.29) is 16.8 Å². The van der Waals surface area contributed by atoms with Gasteiger partial charge in [0.15, 0.2) is 5.82 Å². The van der Waals surface area contributed by atoms with Crippen LogP contribution in [0.4, 0.5) is 10.1 Å². The zero-order chi connectivity index (χ0) is 15.4. The largest absolute Gasteiger partial charge is 0.469 e. The van der Waals surface area contributed by atoms with E-state index in [4.69, 9.17) is 22.4 Å². The Morgan fingerprint density at radius 3 is 2.86 bits per heavy atom. The summed E-state index contributed by atoms with van der Waals surface area (Å²) >= 11 is 8.07. The number of hydrogen-bond acceptors (Lipinski definition) is 3. The standard InChI is InChI=1S/C15H16BrFN2OS/c1-9(4-5-10-3-2-8-20-10)19-12-7-6-11(15(18)21)13(16)14(12)17/h2-3,6-9,19H,4-5H2,1H3,(H2,18,21). The Morgan fingerprint density at radius 1 is 1.48 bits per heavy atom. The molecule has 1 aromatic carbocycles. The van der Waals surface area contributed by atoms with Crippen LogP contribution in [-0.2, 0) is 6.42 Å². The van der Waals surface area contributed by atoms with Crippen molar-refractivity contribution in [1.82, 2.24) is 0 Å². The monoisotopic (exact) mass is 370 g/mol. The Bertz CT molecular complexity index is 631. The van der Waals surface area contributed by atoms with E-state index >= 15 is 0 Å². The Kier molecular flexibility index (Phi) is 5.36. The van der Waals surface area contributed by atoms with E-state index in [1.54, 1.807) is 18.4 Å². The number of nitrogens with two attached hydrogens (primary N) is 1. The highest BCUT2D eigenvalue weighted by molar-refractivity contribution is 9.10. The molecule has 3 N–H and O–H groups in total. The Hall–Kier alpha value is -1.40. The van der Waals surface area contributed by atoms with Gasteiger partial charge in [-0.15, -0.1) is 0 Å². The predicted octanol–water partition coefficient (Wildman–Crippen LogP) is 4.25. The van der Waals surface area contributed by atoms with Gasteiger partial charge in [0.2, 0.25) is 0 Å². The second kappa shape index (κ2) is 7.04. The van der Waals surface area contributed by atoms with Gasteiger partial charge in [0.25, 0.3) is 0 Å². The normalized spacial score (nSPS) is 12.1. The predicted molar refractivity (Wildman–Crippen MR) is 90.1 cm³/mol. The fourth-order valence-corrected chi connectivity index (χ4v) is 2.86. The molecule has 1 aromatic heterocycles. The molecule has 0 aliphatic carbocycles. The minimum atomic E-state index is -0.384. The van der Waals surface area contributed by atoms with Gasteiger partial charge in [-0.2, -0.15) is 0 Å². The zero-order valence-corrected chi connectivity index (χ0v) is 13.9. The second-order valence-electron chi connectivity index (χ2n) is 4.82. The molecule has 0 spiro atoms. The van der Waals surface area contributed by atoms with Gasteiger partial charge in [-0.05, 0) is 53.5 Å². The molecule has 3 nitrogen and oxygen atoms in total. The Balaban J connectivity index is 2.02. The van der Waals surface area contributed by atoms with Crippen molar-refractivity contribution in [2.24, 2.45) is 5.73 Å². The summed E-state index contributed by atoms with van der Waals surface area (Å²) in [5.74, 6) is 0.541. The number of aryl methyl sites for hydroxylation is 1. The Morgan fingerprint density at radius 2 is 2.24 bits per heavy atom. The van der Waals surface area contributed by atoms with E-state index in [1.165, 1.54) is 0 Å². The van der Waals surface area contributed by atoms with Crippen molar-refractivity contribution in [2.75, 3.05) is 5.32 Å². The molecule has 0 amide bonds. The molecule has 2 aromatic rings. The lowest BCUT2D eigenvalue weighted by molar-refractivity contribution is 0.494. The average Bonchev–Trinajstić information content (AvgIpc) is 2.94. The summed E-state index contributed by atoms with van der Waals surface area (Å²) in [5.41, 5.74) is 6.46. The summed E-state index contributed by atoms with van der Waals surface area (Å²) in [5, 5.41) is 3.15. The molecule has 0 fully saturated rings. The fourth-order valence-electron chi connectivity index (χ4n) is 2.00. The quantitative estimate of drug-likeness (QED) is 0.746. The molecule has 0 saturated heterocycles. The lowest BCUT2D eigenvalue weighted by Gasteiger charge is -2.16. The molecule has 21 heavy (non-hydrogen) atoms. The number of benzene rings is 1. The molecule has 0 radical (unpaired) electrons. The molecular weight excluding hydrogens is 355 g/mol. The van der Waals surface area contributed by atoms with Gasteiger partial charge in [-0.25, -0.2) is 4.39 Å². The first-order valence-electron chi connectivity index (χ1n) is 6.55. The lowest BCUT2D eigenvalue weighted by atomic mass is 10.1. The van der Waals surface area contributed by atoms with Crippen molar-refractivity contribution < 1.29 is 8.81 Å². The van der Waals surface area contributed by atoms with Gasteiger partial charge in [0.05, 0.1) is 16.4 Å². The summed E-state index contributed by atoms with van der Waals surface area (Å²) in [6.45, 7) is 2.00. The van der Waals surface area contributed by atoms with Crippen LogP contribution in [0.15, 0.2) is 39.4 Å². The number of anilines is 1. The van der Waals surface area contributed by atoms with E-state index in [2.05, 4.69) is 21.2 Å². The van der Waals surface area contributed by atoms with Crippen molar-refractivity contribution in [2.45, 2.75) is 25.8 Å². The third kappa shape index (κ3) is 4.04. The van der Waals surface area contributed by atoms with Crippen molar-refractivity contribution in [3.8, 4) is 0 Å². The molecule has 112 valence electrons. The third-order valence-electron chi connectivity index (χ3n) is 3.15. The van der Waals surface area contributed by atoms with Crippen molar-refractivity contribution in [3.63, 3.8) is 0 Å². The van der Waals surface area contributed by atoms with Crippen molar-refractivity contribution in [3.05, 3.63) is 52.1 Å². The van der Waals surface area contributed by atoms with Gasteiger partial charge in [0.1, 0.15) is 10.7 Å². The average molecular weight is 371 g/mol. The topological polar surface area (TPSA) is 51.2 Å². The van der Waals surface area contributed by atoms with Crippen LogP contribution in [0.5, 0.6) is 0 Å². The molecule has 0 aliphatic heterocycles. The van der Waals surface area contributed by atoms with Crippen LogP contribution in [0.1, 0.15) is 24.7 Å². The number of nitrogens with one attached hydrogen (secondary N) is 1. The van der Waals surface area contributed by atoms with Crippen LogP contribution in [0.2, 0.25) is 0 Å². The third-order valence-corrected chi connectivity index (χ3v) is 4.15. The van der Waals surface area contributed by atoms with Gasteiger partial charge >= 0.3 is 0 Å². The smallest absolute Gasteiger partial charge is 0.161 e. The van der Waals surface area contributed by atoms with E-state index in [0.29, 0.717) is 15.7 Å². The summed E-state index contributed by atoms with van der Waals surface area (Å²) in [4.78, 5) is 0.165. The number of hydrogen-bond donors (Lipinski definition) is 2. The summed E-state index contributed by atoms with van der Waals surface area (Å²) in [6, 6.07) is 7.25. The first-order valence-corrected chi connectivity index (χ1v) is 7.76. The molecule has 2 rings (SSSR count). The number of furan rings is 1. The summed E-state index contributed by atoms with van der Waals surface area (Å²) in [7, 11) is 0. The number of thiocarbonyl (C=S) groups is 1. The molecule has 0 bridgehead atoms. The highest BCUT2D eigenvalue weighted by Gasteiger charge is 2.14. The maximum absolute atomic E-state index is 14.3. The molecule has 0 aliphatic rings. The maximum Gasteiger partial charge on any atom is 0.161 e. The first-order chi connectivity index (χ1) is 9.99. The van der Waals surface area contributed by atoms with Crippen LogP contribution in [0.3, 0.4) is 0 Å². The van der Waals surface area contributed by atoms with Crippen LogP contribution in [0.25, 0.3) is 0 Å². The van der Waals surface area contributed by atoms with Gasteiger partial charge < -0.3 is 15.5 Å². The van der Waals surface area contributed by atoms with Crippen LogP contribution >= 0.6 is 28.1 Å². The van der Waals surface area contributed by atoms with Gasteiger partial charge in [-0.3, -0.25) is 0 Å². The number of rotatable bonds is 6. The molecule has 0 saturated carbocycles. The minimum absolute atomic E-state index is 0.104. The van der Waals surface area contributed by atoms with Crippen LogP contribution < -0.4 is 11.1 Å². The van der Waals surface area contributed by atoms with E-state index in [0.717, 1.165) is 18.6 Å². The number of halogens is 2. The Labute approximate surface area is 136 Å². The molecular formula is C15H16BrFN2OS. The highest BCUT2D eigenvalue weighted by Crippen LogP contribution is 2.27. The van der Waals surface area contributed by atoms with Gasteiger partial charge in [0, 0.05) is 18.0 Å². The summed E-state index contributed by atoms with van der Waals surface area (Å²) < 4.78 is 19.8. The van der Waals surface area contributed by atoms with E-state index in [9.17, 15) is 4.39 Å². The SMILES string of the molecule is CC(CCc1ccco1)Nc1ccc(C(N)=S)c(Br)c1F. The van der Waals surface area contributed by atoms with Crippen molar-refractivity contribution in [1.29, 1.82) is 0 Å². The highest BCUT2D eigenvalue weighted by atomic mass is 79.9. The van der Waals surface area contributed by atoms with Gasteiger partial charge in [-0.1, -0.05) is 12.2 Å². The second-order valence-corrected chi connectivity index (χ2v) is 6.05.